The van der Waals surface area contributed by atoms with Crippen molar-refractivity contribution in [1.29, 1.82) is 0 Å². The molecule has 2 N–H and O–H groups in total. The Hall–Kier alpha value is -5.44. The van der Waals surface area contributed by atoms with Gasteiger partial charge in [-0.25, -0.2) is 4.79 Å². The summed E-state index contributed by atoms with van der Waals surface area (Å²) in [5, 5.41) is 17.9. The van der Waals surface area contributed by atoms with E-state index in [1.165, 1.54) is 12.1 Å². The molecule has 0 unspecified atom stereocenters. The number of hydrogen-bond donors (Lipinski definition) is 2. The van der Waals surface area contributed by atoms with Crippen LogP contribution in [-0.4, -0.2) is 23.3 Å². The van der Waals surface area contributed by atoms with Crippen molar-refractivity contribution in [2.24, 2.45) is 0 Å². The smallest absolute Gasteiger partial charge is 0.320 e. The first-order valence-corrected chi connectivity index (χ1v) is 13.0. The standard InChI is InChI=1S/C32H27N3O6/c1-2-40-26-18-24(25(35(38)39)19-27(26)41-20-21-12-6-3-7-13-21)30-28(31(36)23-16-10-5-11-17-23)29(33-32(37)34-30)22-14-8-4-9-15-22/h3-19,30H,2,20H2,1H3,(H2,33,34,37)/t30-/m0/s1. The number of amides is 2. The summed E-state index contributed by atoms with van der Waals surface area (Å²) in [7, 11) is 0. The van der Waals surface area contributed by atoms with Crippen LogP contribution in [0, 0.1) is 10.1 Å². The lowest BCUT2D eigenvalue weighted by Gasteiger charge is -2.30. The molecule has 0 spiro atoms. The van der Waals surface area contributed by atoms with Gasteiger partial charge < -0.3 is 20.1 Å². The van der Waals surface area contributed by atoms with Crippen LogP contribution in [0.15, 0.2) is 109 Å². The molecule has 1 heterocycles. The van der Waals surface area contributed by atoms with Crippen molar-refractivity contribution in [3.63, 3.8) is 0 Å². The predicted molar refractivity (Wildman–Crippen MR) is 154 cm³/mol. The molecule has 4 aromatic rings. The number of rotatable bonds is 10. The summed E-state index contributed by atoms with van der Waals surface area (Å²) >= 11 is 0. The van der Waals surface area contributed by atoms with Gasteiger partial charge in [0.05, 0.1) is 40.5 Å². The summed E-state index contributed by atoms with van der Waals surface area (Å²) in [6, 6.07) is 27.8. The van der Waals surface area contributed by atoms with E-state index in [0.717, 1.165) is 5.56 Å². The molecule has 0 aliphatic carbocycles. The number of ether oxygens (including phenoxy) is 2. The number of carbonyl (C=O) groups excluding carboxylic acids is 2. The van der Waals surface area contributed by atoms with Crippen LogP contribution in [-0.2, 0) is 6.61 Å². The average Bonchev–Trinajstić information content (AvgIpc) is 3.01. The number of hydrogen-bond acceptors (Lipinski definition) is 6. The zero-order valence-electron chi connectivity index (χ0n) is 22.2. The summed E-state index contributed by atoms with van der Waals surface area (Å²) in [5.74, 6) is 0.0396. The first-order chi connectivity index (χ1) is 20.0. The molecule has 41 heavy (non-hydrogen) atoms. The van der Waals surface area contributed by atoms with Crippen LogP contribution < -0.4 is 20.1 Å². The second kappa shape index (κ2) is 12.2. The number of carbonyl (C=O) groups is 2. The summed E-state index contributed by atoms with van der Waals surface area (Å²) in [6.07, 6.45) is 0. The van der Waals surface area contributed by atoms with Crippen molar-refractivity contribution in [3.8, 4) is 11.5 Å². The molecular formula is C32H27N3O6. The van der Waals surface area contributed by atoms with Gasteiger partial charge in [-0.1, -0.05) is 91.0 Å². The quantitative estimate of drug-likeness (QED) is 0.138. The van der Waals surface area contributed by atoms with E-state index < -0.39 is 22.8 Å². The van der Waals surface area contributed by atoms with Gasteiger partial charge in [0.2, 0.25) is 0 Å². The number of nitro benzene ring substituents is 1. The molecule has 0 saturated heterocycles. The van der Waals surface area contributed by atoms with E-state index in [1.54, 1.807) is 61.5 Å². The number of nitrogens with zero attached hydrogens (tertiary/aromatic N) is 1. The van der Waals surface area contributed by atoms with E-state index in [4.69, 9.17) is 9.47 Å². The number of nitro groups is 1. The fourth-order valence-electron chi connectivity index (χ4n) is 4.69. The van der Waals surface area contributed by atoms with Crippen molar-refractivity contribution < 1.29 is 24.0 Å². The molecule has 206 valence electrons. The molecule has 1 aliphatic rings. The molecule has 0 saturated carbocycles. The molecule has 0 radical (unpaired) electrons. The van der Waals surface area contributed by atoms with Gasteiger partial charge in [0.1, 0.15) is 6.61 Å². The fourth-order valence-corrected chi connectivity index (χ4v) is 4.69. The lowest BCUT2D eigenvalue weighted by Crippen LogP contribution is -2.45. The summed E-state index contributed by atoms with van der Waals surface area (Å²) in [4.78, 5) is 38.8. The lowest BCUT2D eigenvalue weighted by atomic mass is 9.86. The van der Waals surface area contributed by atoms with Crippen molar-refractivity contribution >= 4 is 23.2 Å². The van der Waals surface area contributed by atoms with E-state index in [2.05, 4.69) is 10.6 Å². The maximum Gasteiger partial charge on any atom is 0.320 e. The molecule has 2 amide bonds. The second-order valence-corrected chi connectivity index (χ2v) is 9.20. The third-order valence-corrected chi connectivity index (χ3v) is 6.55. The number of urea groups is 1. The van der Waals surface area contributed by atoms with E-state index in [0.29, 0.717) is 11.1 Å². The van der Waals surface area contributed by atoms with Crippen LogP contribution in [0.1, 0.15) is 40.0 Å². The SMILES string of the molecule is CCOc1cc([C@@H]2NC(=O)NC(c3ccccc3)=C2C(=O)c2ccccc2)c([N+](=O)[O-])cc1OCc1ccccc1. The first-order valence-electron chi connectivity index (χ1n) is 13.0. The van der Waals surface area contributed by atoms with E-state index in [1.807, 2.05) is 36.4 Å². The second-order valence-electron chi connectivity index (χ2n) is 9.20. The van der Waals surface area contributed by atoms with Crippen LogP contribution in [0.2, 0.25) is 0 Å². The molecule has 0 aromatic heterocycles. The van der Waals surface area contributed by atoms with Crippen molar-refractivity contribution in [2.75, 3.05) is 6.61 Å². The molecule has 1 aliphatic heterocycles. The normalized spacial score (nSPS) is 14.6. The maximum atomic E-state index is 14.0. The van der Waals surface area contributed by atoms with Gasteiger partial charge in [-0.05, 0) is 24.1 Å². The topological polar surface area (TPSA) is 120 Å². The Morgan fingerprint density at radius 2 is 1.49 bits per heavy atom. The third-order valence-electron chi connectivity index (χ3n) is 6.55. The third kappa shape index (κ3) is 5.94. The molecule has 5 rings (SSSR count). The Bertz CT molecular complexity index is 1610. The zero-order chi connectivity index (χ0) is 28.8. The van der Waals surface area contributed by atoms with Crippen molar-refractivity contribution in [2.45, 2.75) is 19.6 Å². The zero-order valence-corrected chi connectivity index (χ0v) is 22.2. The van der Waals surface area contributed by atoms with E-state index >= 15 is 0 Å². The molecule has 9 heteroatoms. The highest BCUT2D eigenvalue weighted by molar-refractivity contribution is 6.16. The Balaban J connectivity index is 1.68. The molecule has 4 aromatic carbocycles. The Morgan fingerprint density at radius 3 is 2.12 bits per heavy atom. The summed E-state index contributed by atoms with van der Waals surface area (Å²) in [5.41, 5.74) is 2.02. The number of Topliss-reactive ketones (excluding diaryl/α,β-unsaturated/α-hetero) is 1. The number of benzene rings is 4. The van der Waals surface area contributed by atoms with Crippen molar-refractivity contribution in [3.05, 3.63) is 141 Å². The van der Waals surface area contributed by atoms with Crippen LogP contribution >= 0.6 is 0 Å². The first kappa shape index (κ1) is 27.1. The van der Waals surface area contributed by atoms with Gasteiger partial charge >= 0.3 is 6.03 Å². The Labute approximate surface area is 236 Å². The molecule has 0 bridgehead atoms. The minimum atomic E-state index is -1.16. The van der Waals surface area contributed by atoms with Gasteiger partial charge in [-0.2, -0.15) is 0 Å². The largest absolute Gasteiger partial charge is 0.490 e. The van der Waals surface area contributed by atoms with E-state index in [9.17, 15) is 19.7 Å². The maximum absolute atomic E-state index is 14.0. The minimum absolute atomic E-state index is 0.0908. The van der Waals surface area contributed by atoms with Gasteiger partial charge in [0.15, 0.2) is 17.3 Å². The van der Waals surface area contributed by atoms with Crippen LogP contribution in [0.5, 0.6) is 11.5 Å². The van der Waals surface area contributed by atoms with E-state index in [-0.39, 0.29) is 47.2 Å². The summed E-state index contributed by atoms with van der Waals surface area (Å²) < 4.78 is 11.8. The van der Waals surface area contributed by atoms with Gasteiger partial charge in [-0.15, -0.1) is 0 Å². The van der Waals surface area contributed by atoms with Gasteiger partial charge in [0.25, 0.3) is 5.69 Å². The molecule has 0 fully saturated rings. The van der Waals surface area contributed by atoms with Gasteiger partial charge in [-0.3, -0.25) is 14.9 Å². The monoisotopic (exact) mass is 549 g/mol. The number of nitrogens with one attached hydrogen (secondary N) is 2. The highest BCUT2D eigenvalue weighted by Crippen LogP contribution is 2.42. The molecule has 9 nitrogen and oxygen atoms in total. The van der Waals surface area contributed by atoms with Crippen LogP contribution in [0.4, 0.5) is 10.5 Å². The minimum Gasteiger partial charge on any atom is -0.490 e. The van der Waals surface area contributed by atoms with Crippen molar-refractivity contribution in [1.82, 2.24) is 10.6 Å². The lowest BCUT2D eigenvalue weighted by molar-refractivity contribution is -0.385. The Kier molecular flexibility index (Phi) is 8.05. The molecule has 1 atom stereocenters. The number of ketones is 1. The average molecular weight is 550 g/mol. The highest BCUT2D eigenvalue weighted by atomic mass is 16.6. The predicted octanol–water partition coefficient (Wildman–Crippen LogP) is 6.22. The van der Waals surface area contributed by atoms with Crippen LogP contribution in [0.3, 0.4) is 0 Å². The molecular weight excluding hydrogens is 522 g/mol. The van der Waals surface area contributed by atoms with Crippen LogP contribution in [0.25, 0.3) is 5.70 Å². The fraction of sp³-hybridized carbons (Fsp3) is 0.125. The Morgan fingerprint density at radius 1 is 0.878 bits per heavy atom. The summed E-state index contributed by atoms with van der Waals surface area (Å²) in [6.45, 7) is 2.21. The van der Waals surface area contributed by atoms with Gasteiger partial charge in [0, 0.05) is 5.56 Å². The highest BCUT2D eigenvalue weighted by Gasteiger charge is 2.38.